The van der Waals surface area contributed by atoms with Gasteiger partial charge in [0.1, 0.15) is 10.7 Å². The van der Waals surface area contributed by atoms with E-state index >= 15 is 0 Å². The van der Waals surface area contributed by atoms with Crippen molar-refractivity contribution in [3.8, 4) is 11.7 Å². The number of hydrogen-bond acceptors (Lipinski definition) is 8. The molecule has 42 heavy (non-hydrogen) atoms. The number of sulfonamides is 1. The minimum absolute atomic E-state index is 0. The maximum absolute atomic E-state index is 13.5. The SMILES string of the molecule is Cc1c(S(=O)(=O)NC(=O)c2ccc(-n3ccc(OCC4C(C)(C)C4(C)C)n3)nc2N2C[C@@H](C)CC2(C)C)cnn1C.S. The van der Waals surface area contributed by atoms with Gasteiger partial charge in [-0.25, -0.2) is 22.8 Å². The summed E-state index contributed by atoms with van der Waals surface area (Å²) in [5, 5.41) is 8.59. The number of nitrogens with zero attached hydrogens (tertiary/aromatic N) is 6. The van der Waals surface area contributed by atoms with Gasteiger partial charge in [-0.2, -0.15) is 18.6 Å². The number of ether oxygens (including phenoxy) is 1. The Hall–Kier alpha value is -3.06. The molecule has 1 aliphatic heterocycles. The standard InChI is InChI=1S/C29H41N7O4S.H2S/c1-18-14-27(3,4)35(16-18)25-20(26(37)33-41(38,39)21-15-30-34(9)19(21)2)10-11-23(31-25)36-13-12-24(32-36)40-17-22-28(5,6)29(22,7)8;/h10-13,15,18,22H,14,16-17H2,1-9H3,(H,33,37);1H2/t18-;/m0./s1. The monoisotopic (exact) mass is 617 g/mol. The average Bonchev–Trinajstić information content (AvgIpc) is 3.38. The van der Waals surface area contributed by atoms with Gasteiger partial charge >= 0.3 is 0 Å². The molecule has 2 fully saturated rings. The number of aromatic nitrogens is 5. The lowest BCUT2D eigenvalue weighted by Gasteiger charge is -2.34. The fraction of sp³-hybridized carbons (Fsp3) is 0.586. The average molecular weight is 618 g/mol. The van der Waals surface area contributed by atoms with Crippen LogP contribution in [0.5, 0.6) is 5.88 Å². The third-order valence-corrected chi connectivity index (χ3v) is 11.1. The Morgan fingerprint density at radius 3 is 2.33 bits per heavy atom. The zero-order valence-electron chi connectivity index (χ0n) is 25.9. The molecule has 1 aliphatic carbocycles. The van der Waals surface area contributed by atoms with E-state index in [1.165, 1.54) is 10.9 Å². The highest BCUT2D eigenvalue weighted by Gasteiger charge is 2.64. The quantitative estimate of drug-likeness (QED) is 0.398. The first-order valence-corrected chi connectivity index (χ1v) is 15.5. The van der Waals surface area contributed by atoms with E-state index in [4.69, 9.17) is 9.72 Å². The van der Waals surface area contributed by atoms with Gasteiger partial charge in [-0.05, 0) is 56.1 Å². The second-order valence-electron chi connectivity index (χ2n) is 13.3. The molecule has 2 aliphatic rings. The van der Waals surface area contributed by atoms with Crippen LogP contribution >= 0.6 is 13.5 Å². The first-order valence-electron chi connectivity index (χ1n) is 14.0. The lowest BCUT2D eigenvalue weighted by Crippen LogP contribution is -2.41. The van der Waals surface area contributed by atoms with Crippen LogP contribution in [0.25, 0.3) is 5.82 Å². The summed E-state index contributed by atoms with van der Waals surface area (Å²) in [4.78, 5) is 20.4. The van der Waals surface area contributed by atoms with Crippen LogP contribution in [-0.2, 0) is 17.1 Å². The normalized spacial score (nSPS) is 20.7. The van der Waals surface area contributed by atoms with Gasteiger partial charge in [-0.3, -0.25) is 9.48 Å². The summed E-state index contributed by atoms with van der Waals surface area (Å²) in [5.74, 6) is 1.47. The Labute approximate surface area is 255 Å². The smallest absolute Gasteiger partial charge is 0.268 e. The van der Waals surface area contributed by atoms with Gasteiger partial charge in [0.25, 0.3) is 15.9 Å². The first-order chi connectivity index (χ1) is 19.0. The van der Waals surface area contributed by atoms with E-state index in [2.05, 4.69) is 68.3 Å². The lowest BCUT2D eigenvalue weighted by molar-refractivity contribution is 0.0981. The van der Waals surface area contributed by atoms with Crippen molar-refractivity contribution in [3.05, 3.63) is 41.9 Å². The summed E-state index contributed by atoms with van der Waals surface area (Å²) in [6.45, 7) is 18.3. The van der Waals surface area contributed by atoms with E-state index < -0.39 is 15.9 Å². The van der Waals surface area contributed by atoms with Crippen LogP contribution in [0.4, 0.5) is 5.82 Å². The van der Waals surface area contributed by atoms with Crippen LogP contribution in [-0.4, -0.2) is 57.6 Å². The van der Waals surface area contributed by atoms with Crippen molar-refractivity contribution in [2.45, 2.75) is 72.2 Å². The molecule has 13 heteroatoms. The van der Waals surface area contributed by atoms with E-state index in [0.29, 0.717) is 48.2 Å². The van der Waals surface area contributed by atoms with Gasteiger partial charge in [0.15, 0.2) is 5.82 Å². The van der Waals surface area contributed by atoms with Crippen LogP contribution in [0, 0.1) is 29.6 Å². The van der Waals surface area contributed by atoms with Crippen LogP contribution in [0.15, 0.2) is 35.5 Å². The van der Waals surface area contributed by atoms with Crippen molar-refractivity contribution in [2.24, 2.45) is 29.7 Å². The van der Waals surface area contributed by atoms with E-state index in [9.17, 15) is 13.2 Å². The van der Waals surface area contributed by atoms with Crippen molar-refractivity contribution in [1.82, 2.24) is 29.3 Å². The molecule has 0 radical (unpaired) electrons. The predicted molar refractivity (Wildman–Crippen MR) is 166 cm³/mol. The molecule has 1 N–H and O–H groups in total. The molecule has 4 heterocycles. The number of pyridine rings is 1. The van der Waals surface area contributed by atoms with Gasteiger partial charge in [0.2, 0.25) is 5.88 Å². The van der Waals surface area contributed by atoms with Crippen molar-refractivity contribution in [3.63, 3.8) is 0 Å². The molecule has 0 aromatic carbocycles. The summed E-state index contributed by atoms with van der Waals surface area (Å²) in [7, 11) is -2.50. The fourth-order valence-electron chi connectivity index (χ4n) is 6.31. The number of carbonyl (C=O) groups is 1. The minimum atomic E-state index is -4.14. The van der Waals surface area contributed by atoms with Crippen molar-refractivity contribution in [2.75, 3.05) is 18.1 Å². The third-order valence-electron chi connectivity index (χ3n) is 9.66. The van der Waals surface area contributed by atoms with E-state index in [0.717, 1.165) is 6.42 Å². The van der Waals surface area contributed by atoms with Gasteiger partial charge in [0.05, 0.1) is 24.1 Å². The molecule has 230 valence electrons. The van der Waals surface area contributed by atoms with E-state index in [1.807, 2.05) is 0 Å². The number of carbonyl (C=O) groups excluding carboxylic acids is 1. The maximum Gasteiger partial charge on any atom is 0.268 e. The highest BCUT2D eigenvalue weighted by atomic mass is 32.2. The van der Waals surface area contributed by atoms with Gasteiger partial charge in [-0.15, -0.1) is 5.10 Å². The Bertz CT molecular complexity index is 1590. The summed E-state index contributed by atoms with van der Waals surface area (Å²) < 4.78 is 37.5. The zero-order valence-corrected chi connectivity index (χ0v) is 27.7. The largest absolute Gasteiger partial charge is 0.476 e. The zero-order chi connectivity index (χ0) is 30.1. The Morgan fingerprint density at radius 1 is 1.12 bits per heavy atom. The molecule has 3 aromatic heterocycles. The molecule has 3 aromatic rings. The number of amides is 1. The van der Waals surface area contributed by atoms with Crippen LogP contribution in [0.2, 0.25) is 0 Å². The number of anilines is 1. The van der Waals surface area contributed by atoms with Gasteiger partial charge in [0, 0.05) is 37.3 Å². The molecular formula is C29H43N7O4S2. The molecular weight excluding hydrogens is 574 g/mol. The Balaban J connectivity index is 0.00000405. The van der Waals surface area contributed by atoms with Gasteiger partial charge < -0.3 is 9.64 Å². The molecule has 0 bridgehead atoms. The first kappa shape index (κ1) is 31.9. The maximum atomic E-state index is 13.5. The van der Waals surface area contributed by atoms with E-state index in [-0.39, 0.29) is 40.3 Å². The second kappa shape index (κ2) is 10.6. The minimum Gasteiger partial charge on any atom is -0.476 e. The number of rotatable bonds is 8. The summed E-state index contributed by atoms with van der Waals surface area (Å²) in [5.41, 5.74) is 0.736. The number of aryl methyl sites for hydroxylation is 1. The highest BCUT2D eigenvalue weighted by molar-refractivity contribution is 7.90. The molecule has 11 nitrogen and oxygen atoms in total. The second-order valence-corrected chi connectivity index (χ2v) is 15.0. The van der Waals surface area contributed by atoms with E-state index in [1.54, 1.807) is 43.0 Å². The fourth-order valence-corrected chi connectivity index (χ4v) is 7.48. The Kier molecular flexibility index (Phi) is 8.03. The molecule has 1 amide bonds. The number of hydrogen-bond donors (Lipinski definition) is 1. The predicted octanol–water partition coefficient (Wildman–Crippen LogP) is 4.23. The van der Waals surface area contributed by atoms with Crippen LogP contribution in [0.1, 0.15) is 70.9 Å². The van der Waals surface area contributed by atoms with Gasteiger partial charge in [-0.1, -0.05) is 34.6 Å². The Morgan fingerprint density at radius 2 is 1.79 bits per heavy atom. The summed E-state index contributed by atoms with van der Waals surface area (Å²) in [6.07, 6.45) is 3.92. The van der Waals surface area contributed by atoms with Crippen LogP contribution < -0.4 is 14.4 Å². The third kappa shape index (κ3) is 5.41. The molecule has 1 saturated heterocycles. The summed E-state index contributed by atoms with van der Waals surface area (Å²) in [6, 6.07) is 5.07. The number of nitrogens with one attached hydrogen (secondary N) is 1. The molecule has 1 atom stereocenters. The topological polar surface area (TPSA) is 124 Å². The molecule has 0 spiro atoms. The van der Waals surface area contributed by atoms with Crippen molar-refractivity contribution < 1.29 is 17.9 Å². The van der Waals surface area contributed by atoms with Crippen LogP contribution in [0.3, 0.4) is 0 Å². The lowest BCUT2D eigenvalue weighted by atomic mass is 9.97. The highest BCUT2D eigenvalue weighted by Crippen LogP contribution is 2.68. The van der Waals surface area contributed by atoms with Crippen molar-refractivity contribution in [1.29, 1.82) is 0 Å². The molecule has 5 rings (SSSR count). The molecule has 0 unspecified atom stereocenters. The molecule has 1 saturated carbocycles. The van der Waals surface area contributed by atoms with Crippen molar-refractivity contribution >= 4 is 35.2 Å². The summed E-state index contributed by atoms with van der Waals surface area (Å²) >= 11 is 0.